The van der Waals surface area contributed by atoms with Gasteiger partial charge in [-0.2, -0.15) is 0 Å². The van der Waals surface area contributed by atoms with Gasteiger partial charge in [0.25, 0.3) is 0 Å². The van der Waals surface area contributed by atoms with Gasteiger partial charge in [0.2, 0.25) is 0 Å². The van der Waals surface area contributed by atoms with E-state index in [0.717, 1.165) is 0 Å². The highest BCUT2D eigenvalue weighted by Crippen LogP contribution is 2.70. The zero-order valence-corrected chi connectivity index (χ0v) is 21.1. The first-order chi connectivity index (χ1) is 13.4. The Morgan fingerprint density at radius 2 is 1.04 bits per heavy atom. The van der Waals surface area contributed by atoms with Crippen molar-refractivity contribution in [2.75, 3.05) is 24.0 Å². The summed E-state index contributed by atoms with van der Waals surface area (Å²) >= 11 is 8.42. The molecule has 1 aliphatic rings. The van der Waals surface area contributed by atoms with E-state index in [1.807, 2.05) is 23.5 Å². The van der Waals surface area contributed by atoms with Crippen LogP contribution in [0.5, 0.6) is 0 Å². The molecule has 0 N–H and O–H groups in total. The minimum Gasteiger partial charge on any atom is -0.140 e. The Bertz CT molecular complexity index is 733. The van der Waals surface area contributed by atoms with Crippen molar-refractivity contribution < 1.29 is 0 Å². The number of rotatable bonds is 6. The van der Waals surface area contributed by atoms with Crippen LogP contribution in [0.2, 0.25) is 0 Å². The van der Waals surface area contributed by atoms with Gasteiger partial charge in [0, 0.05) is 11.5 Å². The number of thioether (sulfide) groups is 4. The Balaban J connectivity index is 2.34. The minimum absolute atomic E-state index is 0.0127. The fourth-order valence-electron chi connectivity index (χ4n) is 4.28. The predicted molar refractivity (Wildman–Crippen MR) is 136 cm³/mol. The van der Waals surface area contributed by atoms with E-state index in [1.54, 1.807) is 0 Å². The fourth-order valence-corrected chi connectivity index (χ4v) is 11.5. The SMILES string of the molecule is CS[C@]1(c2ccccc2C(C)C)SCCS[C@]1(SC)c1ccccc1C(C)C. The van der Waals surface area contributed by atoms with Crippen LogP contribution in [0.25, 0.3) is 0 Å². The molecule has 28 heavy (non-hydrogen) atoms. The van der Waals surface area contributed by atoms with Crippen molar-refractivity contribution in [1.29, 1.82) is 0 Å². The molecule has 0 saturated carbocycles. The summed E-state index contributed by atoms with van der Waals surface area (Å²) < 4.78 is -0.0254. The zero-order chi connectivity index (χ0) is 20.4. The summed E-state index contributed by atoms with van der Waals surface area (Å²) in [4.78, 5) is 0. The lowest BCUT2D eigenvalue weighted by Gasteiger charge is -2.53. The lowest BCUT2D eigenvalue weighted by atomic mass is 9.88. The molecule has 152 valence electrons. The van der Waals surface area contributed by atoms with Crippen molar-refractivity contribution in [3.8, 4) is 0 Å². The third kappa shape index (κ3) is 3.68. The van der Waals surface area contributed by atoms with Crippen LogP contribution in [-0.4, -0.2) is 24.0 Å². The summed E-state index contributed by atoms with van der Waals surface area (Å²) in [5.74, 6) is 3.44. The predicted octanol–water partition coefficient (Wildman–Crippen LogP) is 8.15. The highest BCUT2D eigenvalue weighted by atomic mass is 32.2. The average molecular weight is 449 g/mol. The molecule has 0 aliphatic carbocycles. The van der Waals surface area contributed by atoms with Gasteiger partial charge in [-0.25, -0.2) is 0 Å². The smallest absolute Gasteiger partial charge is 0.114 e. The maximum absolute atomic E-state index is 2.40. The number of hydrogen-bond donors (Lipinski definition) is 0. The van der Waals surface area contributed by atoms with E-state index in [4.69, 9.17) is 0 Å². The van der Waals surface area contributed by atoms with E-state index in [2.05, 4.69) is 112 Å². The summed E-state index contributed by atoms with van der Waals surface area (Å²) in [7, 11) is 0. The molecule has 0 nitrogen and oxygen atoms in total. The minimum atomic E-state index is -0.0127. The summed E-state index contributed by atoms with van der Waals surface area (Å²) in [6.45, 7) is 9.32. The second kappa shape index (κ2) is 9.32. The van der Waals surface area contributed by atoms with E-state index < -0.39 is 0 Å². The van der Waals surface area contributed by atoms with E-state index in [-0.39, 0.29) is 8.16 Å². The standard InChI is InChI=1S/C24H32S4/c1-17(2)19-11-7-9-13-21(19)23(25-5)24(26-6,28-16-15-27-23)22-14-10-8-12-20(22)18(3)4/h7-14,17-18H,15-16H2,1-6H3/t23-,24-/m1/s1. The van der Waals surface area contributed by atoms with Gasteiger partial charge in [-0.05, 0) is 46.6 Å². The first-order valence-corrected chi connectivity index (χ1v) is 14.4. The highest BCUT2D eigenvalue weighted by molar-refractivity contribution is 8.25. The fraction of sp³-hybridized carbons (Fsp3) is 0.500. The molecule has 1 heterocycles. The Morgan fingerprint density at radius 1 is 0.679 bits per heavy atom. The Morgan fingerprint density at radius 3 is 1.36 bits per heavy atom. The Labute approximate surface area is 188 Å². The topological polar surface area (TPSA) is 0 Å². The molecule has 2 aromatic rings. The molecule has 0 amide bonds. The van der Waals surface area contributed by atoms with Gasteiger partial charge in [0.15, 0.2) is 0 Å². The molecule has 0 radical (unpaired) electrons. The van der Waals surface area contributed by atoms with E-state index in [1.165, 1.54) is 33.8 Å². The van der Waals surface area contributed by atoms with Gasteiger partial charge in [-0.3, -0.25) is 0 Å². The first kappa shape index (κ1) is 22.5. The molecule has 2 atom stereocenters. The molecule has 1 fully saturated rings. The molecule has 0 spiro atoms. The number of benzene rings is 2. The van der Waals surface area contributed by atoms with Crippen LogP contribution in [0.4, 0.5) is 0 Å². The van der Waals surface area contributed by atoms with Crippen LogP contribution in [0.3, 0.4) is 0 Å². The summed E-state index contributed by atoms with van der Waals surface area (Å²) in [5.41, 5.74) is 6.02. The third-order valence-electron chi connectivity index (χ3n) is 5.58. The highest BCUT2D eigenvalue weighted by Gasteiger charge is 2.57. The van der Waals surface area contributed by atoms with Gasteiger partial charge in [0.05, 0.1) is 0 Å². The molecule has 1 aliphatic heterocycles. The van der Waals surface area contributed by atoms with Crippen LogP contribution in [0.1, 0.15) is 61.8 Å². The van der Waals surface area contributed by atoms with Crippen molar-refractivity contribution in [2.24, 2.45) is 0 Å². The van der Waals surface area contributed by atoms with Crippen LogP contribution < -0.4 is 0 Å². The van der Waals surface area contributed by atoms with Gasteiger partial charge >= 0.3 is 0 Å². The Hall–Kier alpha value is -0.160. The van der Waals surface area contributed by atoms with Gasteiger partial charge < -0.3 is 0 Å². The second-order valence-electron chi connectivity index (χ2n) is 7.82. The molecule has 2 aromatic carbocycles. The van der Waals surface area contributed by atoms with Gasteiger partial charge in [-0.15, -0.1) is 47.0 Å². The molecule has 1 saturated heterocycles. The Kier molecular flexibility index (Phi) is 7.50. The van der Waals surface area contributed by atoms with Crippen LogP contribution in [0, 0.1) is 0 Å². The van der Waals surface area contributed by atoms with Crippen molar-refractivity contribution in [3.63, 3.8) is 0 Å². The third-order valence-corrected chi connectivity index (χ3v) is 12.9. The average Bonchev–Trinajstić information content (AvgIpc) is 2.73. The summed E-state index contributed by atoms with van der Waals surface area (Å²) in [5, 5.41) is 0. The first-order valence-electron chi connectivity index (χ1n) is 10.0. The summed E-state index contributed by atoms with van der Waals surface area (Å²) in [6, 6.07) is 18.4. The monoisotopic (exact) mass is 448 g/mol. The number of hydrogen-bond acceptors (Lipinski definition) is 4. The van der Waals surface area contributed by atoms with E-state index in [9.17, 15) is 0 Å². The molecule has 4 heteroatoms. The van der Waals surface area contributed by atoms with Crippen molar-refractivity contribution in [3.05, 3.63) is 70.8 Å². The quantitative estimate of drug-likeness (QED) is 0.437. The van der Waals surface area contributed by atoms with Crippen molar-refractivity contribution in [1.82, 2.24) is 0 Å². The van der Waals surface area contributed by atoms with Crippen LogP contribution in [0.15, 0.2) is 48.5 Å². The largest absolute Gasteiger partial charge is 0.140 e. The lowest BCUT2D eigenvalue weighted by Crippen LogP contribution is -2.44. The second-order valence-corrected chi connectivity index (χ2v) is 13.0. The van der Waals surface area contributed by atoms with E-state index >= 15 is 0 Å². The molecular formula is C24H32S4. The van der Waals surface area contributed by atoms with Gasteiger partial charge in [-0.1, -0.05) is 76.2 Å². The molecular weight excluding hydrogens is 417 g/mol. The van der Waals surface area contributed by atoms with Crippen LogP contribution >= 0.6 is 47.0 Å². The molecule has 0 unspecified atom stereocenters. The maximum atomic E-state index is 2.40. The van der Waals surface area contributed by atoms with Crippen molar-refractivity contribution in [2.45, 2.75) is 47.7 Å². The van der Waals surface area contributed by atoms with Gasteiger partial charge in [0.1, 0.15) is 8.16 Å². The lowest BCUT2D eigenvalue weighted by molar-refractivity contribution is 0.725. The molecule has 0 bridgehead atoms. The molecule has 0 aromatic heterocycles. The normalized spacial score (nSPS) is 25.4. The van der Waals surface area contributed by atoms with E-state index in [0.29, 0.717) is 11.8 Å². The maximum Gasteiger partial charge on any atom is 0.114 e. The zero-order valence-electron chi connectivity index (χ0n) is 17.8. The van der Waals surface area contributed by atoms with Crippen molar-refractivity contribution >= 4 is 47.0 Å². The summed E-state index contributed by atoms with van der Waals surface area (Å²) in [6.07, 6.45) is 4.64. The van der Waals surface area contributed by atoms with Crippen LogP contribution in [-0.2, 0) is 8.16 Å². The molecule has 3 rings (SSSR count).